The Bertz CT molecular complexity index is 3230. The van der Waals surface area contributed by atoms with Crippen molar-refractivity contribution >= 4 is 53.6 Å². The second-order valence-electron chi connectivity index (χ2n) is 24.7. The number of amides is 4. The molecule has 0 aliphatic carbocycles. The fraction of sp³-hybridized carbons (Fsp3) is 0.571. The summed E-state index contributed by atoms with van der Waals surface area (Å²) in [7, 11) is 3.82. The number of aliphatic imine (C=N–C) groups is 2. The van der Waals surface area contributed by atoms with Gasteiger partial charge in [-0.2, -0.15) is 0 Å². The molecule has 36 nitrogen and oxygen atoms in total. The van der Waals surface area contributed by atoms with E-state index in [1.54, 1.807) is 49.4 Å². The molecule has 0 bridgehead atoms. The average molecular weight is 1400 g/mol. The number of nitrogens with zero attached hydrogens (tertiary/aromatic N) is 4. The fourth-order valence-electron chi connectivity index (χ4n) is 11.9. The van der Waals surface area contributed by atoms with Crippen LogP contribution in [0.25, 0.3) is 6.08 Å². The number of nitrogens with two attached hydrogens (primary N) is 3. The molecule has 3 saturated heterocycles. The van der Waals surface area contributed by atoms with Gasteiger partial charge in [0.2, 0.25) is 29.9 Å². The van der Waals surface area contributed by atoms with Crippen LogP contribution in [0, 0.1) is 0 Å². The molecule has 20 unspecified atom stereocenters. The van der Waals surface area contributed by atoms with E-state index in [2.05, 4.69) is 36.6 Å². The summed E-state index contributed by atoms with van der Waals surface area (Å²) in [5, 5.41) is 154. The van der Waals surface area contributed by atoms with E-state index in [0.29, 0.717) is 5.56 Å². The molecule has 25 atom stereocenters. The van der Waals surface area contributed by atoms with Gasteiger partial charge in [-0.1, -0.05) is 73.7 Å². The predicted molar refractivity (Wildman–Crippen MR) is 346 cm³/mol. The summed E-state index contributed by atoms with van der Waals surface area (Å²) in [6.07, 6.45) is -26.7. The van der Waals surface area contributed by atoms with Crippen LogP contribution in [-0.2, 0) is 54.1 Å². The van der Waals surface area contributed by atoms with E-state index in [0.717, 1.165) is 16.2 Å². The van der Waals surface area contributed by atoms with Crippen molar-refractivity contribution < 1.29 is 119 Å². The van der Waals surface area contributed by atoms with E-state index in [4.69, 9.17) is 45.6 Å². The average Bonchev–Trinajstić information content (AvgIpc) is 1.73. The molecule has 4 amide bonds. The molecule has 5 heterocycles. The number of hydrogen-bond donors (Lipinski definition) is 21. The molecule has 5 aliphatic rings. The lowest BCUT2D eigenvalue weighted by molar-refractivity contribution is -0.354. The van der Waals surface area contributed by atoms with Crippen LogP contribution >= 0.6 is 0 Å². The van der Waals surface area contributed by atoms with E-state index >= 15 is 0 Å². The first kappa shape index (κ1) is 77.1. The highest BCUT2D eigenvalue weighted by Gasteiger charge is 2.54. The zero-order valence-corrected chi connectivity index (χ0v) is 54.2. The van der Waals surface area contributed by atoms with Crippen molar-refractivity contribution in [2.75, 3.05) is 65.1 Å². The van der Waals surface area contributed by atoms with Gasteiger partial charge < -0.3 is 153 Å². The molecule has 3 aromatic rings. The van der Waals surface area contributed by atoms with Crippen LogP contribution in [0.2, 0.25) is 0 Å². The van der Waals surface area contributed by atoms with Crippen molar-refractivity contribution in [2.24, 2.45) is 27.2 Å². The summed E-state index contributed by atoms with van der Waals surface area (Å²) < 4.78 is 35.0. The third-order valence-electron chi connectivity index (χ3n) is 17.8. The maximum Gasteiger partial charge on any atom is 0.246 e. The van der Waals surface area contributed by atoms with Gasteiger partial charge in [0, 0.05) is 32.1 Å². The maximum absolute atomic E-state index is 15.0. The second kappa shape index (κ2) is 35.1. The molecule has 5 aliphatic heterocycles. The fourth-order valence-corrected chi connectivity index (χ4v) is 11.9. The number of carbonyl (C=O) groups excluding carboxylic acids is 5. The normalized spacial score (nSPS) is 31.0. The highest BCUT2D eigenvalue weighted by molar-refractivity contribution is 5.96. The Morgan fingerprint density at radius 3 is 1.91 bits per heavy atom. The highest BCUT2D eigenvalue weighted by Crippen LogP contribution is 2.33. The molecule has 24 N–H and O–H groups in total. The summed E-state index contributed by atoms with van der Waals surface area (Å²) in [4.78, 5) is 81.2. The number of ether oxygens (including phenoxy) is 6. The summed E-state index contributed by atoms with van der Waals surface area (Å²) >= 11 is 0. The van der Waals surface area contributed by atoms with Gasteiger partial charge in [0.1, 0.15) is 122 Å². The van der Waals surface area contributed by atoms with Crippen LogP contribution in [-0.4, -0.2) is 320 Å². The zero-order chi connectivity index (χ0) is 72.1. The number of carbonyl (C=O) groups is 5. The Morgan fingerprint density at radius 2 is 1.29 bits per heavy atom. The van der Waals surface area contributed by atoms with Gasteiger partial charge in [0.25, 0.3) is 0 Å². The molecule has 3 aromatic carbocycles. The van der Waals surface area contributed by atoms with Crippen molar-refractivity contribution in [1.82, 2.24) is 31.5 Å². The monoisotopic (exact) mass is 1400 g/mol. The van der Waals surface area contributed by atoms with Gasteiger partial charge >= 0.3 is 0 Å². The van der Waals surface area contributed by atoms with Crippen LogP contribution in [0.4, 0.5) is 5.69 Å². The SMILES string of the molecule is CC(c1ccccc1)[C@H](N)C(=O)N[C@@H](Cc1ccc(OC2OC(CO)C(OC3OC(CO)C(OCC=Cc4ccc(N(C)C)cc4)C(O)C3O)C(O)C2O)cc1)C(=O)N[C@H](C(=O)N[C@H](C(=O)N[C@H](C=O)CO)C(O)C1CN=C(N)N1C1OC(CO)C(O)C(O)C1O)C(O)C1CN=C(N)N1. The van der Waals surface area contributed by atoms with Crippen molar-refractivity contribution in [1.29, 1.82) is 0 Å². The number of aliphatic hydroxyl groups excluding tert-OH is 13. The summed E-state index contributed by atoms with van der Waals surface area (Å²) in [6, 6.07) is 9.84. The Hall–Kier alpha value is -7.67. The van der Waals surface area contributed by atoms with Gasteiger partial charge in [-0.3, -0.25) is 29.2 Å². The molecule has 3 fully saturated rings. The third kappa shape index (κ3) is 18.5. The number of rotatable bonds is 31. The number of guanidine groups is 2. The molecule has 0 radical (unpaired) electrons. The predicted octanol–water partition coefficient (Wildman–Crippen LogP) is -9.90. The minimum atomic E-state index is -2.26. The van der Waals surface area contributed by atoms with Crippen LogP contribution < -0.4 is 53.4 Å². The number of aldehydes is 1. The second-order valence-corrected chi connectivity index (χ2v) is 24.7. The minimum Gasteiger partial charge on any atom is -0.462 e. The van der Waals surface area contributed by atoms with Gasteiger partial charge in [0.15, 0.2) is 24.4 Å². The largest absolute Gasteiger partial charge is 0.462 e. The molecule has 0 spiro atoms. The molecule has 0 saturated carbocycles. The Morgan fingerprint density at radius 1 is 0.687 bits per heavy atom. The number of aliphatic hydroxyl groups is 13. The van der Waals surface area contributed by atoms with E-state index in [-0.39, 0.29) is 36.7 Å². The summed E-state index contributed by atoms with van der Waals surface area (Å²) in [5.74, 6) is -6.16. The smallest absolute Gasteiger partial charge is 0.246 e. The lowest BCUT2D eigenvalue weighted by Gasteiger charge is -2.46. The van der Waals surface area contributed by atoms with Crippen molar-refractivity contribution in [3.63, 3.8) is 0 Å². The van der Waals surface area contributed by atoms with E-state index < -0.39 is 221 Å². The Kier molecular flexibility index (Phi) is 27.3. The Labute approximate surface area is 567 Å². The molecule has 8 rings (SSSR count). The van der Waals surface area contributed by atoms with Crippen LogP contribution in [0.15, 0.2) is 94.9 Å². The first-order valence-electron chi connectivity index (χ1n) is 31.8. The molecule has 0 aromatic heterocycles. The van der Waals surface area contributed by atoms with Crippen molar-refractivity contribution in [3.05, 3.63) is 102 Å². The number of nitrogens with one attached hydrogen (secondary N) is 5. The van der Waals surface area contributed by atoms with Gasteiger partial charge in [0.05, 0.1) is 64.2 Å². The lowest BCUT2D eigenvalue weighted by Crippen LogP contribution is -2.70. The van der Waals surface area contributed by atoms with Crippen molar-refractivity contribution in [3.8, 4) is 5.75 Å². The van der Waals surface area contributed by atoms with Crippen molar-refractivity contribution in [2.45, 2.75) is 166 Å². The molecule has 546 valence electrons. The van der Waals surface area contributed by atoms with Gasteiger partial charge in [-0.05, 0) is 41.0 Å². The minimum absolute atomic E-state index is 0.0364. The number of anilines is 1. The highest BCUT2D eigenvalue weighted by atomic mass is 16.7. The summed E-state index contributed by atoms with van der Waals surface area (Å²) in [6.45, 7) is -2.63. The molecule has 36 heteroatoms. The maximum atomic E-state index is 15.0. The summed E-state index contributed by atoms with van der Waals surface area (Å²) in [5.41, 5.74) is 21.4. The van der Waals surface area contributed by atoms with Crippen LogP contribution in [0.3, 0.4) is 0 Å². The quantitative estimate of drug-likeness (QED) is 0.0266. The first-order valence-corrected chi connectivity index (χ1v) is 31.8. The van der Waals surface area contributed by atoms with Gasteiger partial charge in [-0.15, -0.1) is 0 Å². The zero-order valence-electron chi connectivity index (χ0n) is 54.2. The number of benzene rings is 3. The third-order valence-corrected chi connectivity index (χ3v) is 17.8. The standard InChI is InChI=1S/C63H90N12O24/c1-28(31-9-5-4-6-10-31)41(64)56(91)70-35(20-30-13-17-34(18-14-30)95-60-52(89)49(86)54(40(27-80)98-60)99-61-51(88)48(85)53(39(26-79)97-61)94-19-7-8-29-11-15-33(16-12-29)74(2)3)55(90)72-42(44(81)36-21-67-62(65)71-36)58(93)73-43(57(92)69-32(23-76)24-77)45(82)37-22-68-63(66)75(37)59-50(87)47(84)46(83)38(25-78)96-59/h4-18,23,28,32,35-54,59-61,77-89H,19-22,24-27,64H2,1-3H3,(H2,66,68)(H,69,92)(H,70,91)(H,72,90)(H,73,93)(H3,65,67,71)/t28?,32-,35+,36?,37?,38?,39?,40?,41+,42+,43+,44?,45?,46?,47?,48?,49?,50?,51?,52?,53?,54?,59?,60?,61?/m1/s1. The van der Waals surface area contributed by atoms with Gasteiger partial charge in [-0.25, -0.2) is 0 Å². The number of hydrogen-bond acceptors (Lipinski definition) is 32. The lowest BCUT2D eigenvalue weighted by atomic mass is 9.93. The molecular formula is C63H90N12O24. The van der Waals surface area contributed by atoms with Crippen LogP contribution in [0.1, 0.15) is 29.5 Å². The topological polar surface area (TPSA) is 573 Å². The van der Waals surface area contributed by atoms with E-state index in [1.807, 2.05) is 43.3 Å². The Balaban J connectivity index is 0.993. The van der Waals surface area contributed by atoms with E-state index in [9.17, 15) is 90.4 Å². The first-order chi connectivity index (χ1) is 47.2. The van der Waals surface area contributed by atoms with Crippen LogP contribution in [0.5, 0.6) is 5.75 Å². The molecular weight excluding hydrogens is 1310 g/mol. The molecule has 99 heavy (non-hydrogen) atoms. The van der Waals surface area contributed by atoms with E-state index in [1.165, 1.54) is 24.3 Å².